The lowest BCUT2D eigenvalue weighted by Crippen LogP contribution is -2.33. The molecule has 2 aromatic carbocycles. The van der Waals surface area contributed by atoms with Crippen molar-refractivity contribution in [2.24, 2.45) is 0 Å². The van der Waals surface area contributed by atoms with Gasteiger partial charge in [0.15, 0.2) is 6.61 Å². The fourth-order valence-corrected chi connectivity index (χ4v) is 2.72. The van der Waals surface area contributed by atoms with Crippen molar-refractivity contribution in [2.45, 2.75) is 6.92 Å². The molecule has 0 aliphatic carbocycles. The van der Waals surface area contributed by atoms with Gasteiger partial charge in [0.2, 0.25) is 0 Å². The largest absolute Gasteiger partial charge is 0.468 e. The molecule has 7 nitrogen and oxygen atoms in total. The van der Waals surface area contributed by atoms with Crippen LogP contribution >= 0.6 is 0 Å². The van der Waals surface area contributed by atoms with Crippen LogP contribution in [-0.2, 0) is 19.1 Å². The number of fused-ring (bicyclic) bond motifs is 1. The molecule has 0 bridgehead atoms. The molecule has 1 amide bonds. The Labute approximate surface area is 167 Å². The molecule has 0 saturated carbocycles. The van der Waals surface area contributed by atoms with Crippen molar-refractivity contribution in [2.75, 3.05) is 20.3 Å². The summed E-state index contributed by atoms with van der Waals surface area (Å²) in [5.41, 5.74) is 3.57. The van der Waals surface area contributed by atoms with E-state index in [0.29, 0.717) is 22.2 Å². The van der Waals surface area contributed by atoms with Gasteiger partial charge in [0.1, 0.15) is 6.54 Å². The van der Waals surface area contributed by atoms with E-state index in [9.17, 15) is 14.4 Å². The van der Waals surface area contributed by atoms with E-state index in [-0.39, 0.29) is 6.54 Å². The molecule has 0 radical (unpaired) electrons. The van der Waals surface area contributed by atoms with Crippen LogP contribution in [0.5, 0.6) is 0 Å². The fraction of sp³-hybridized carbons (Fsp3) is 0.182. The summed E-state index contributed by atoms with van der Waals surface area (Å²) in [6.07, 6.45) is 0. The SMILES string of the molecule is COC(=O)CNC(=O)COC(=O)c1cc(-c2ccc(C)cc2)nc2ccccc12. The molecule has 1 aromatic heterocycles. The van der Waals surface area contributed by atoms with Crippen LogP contribution < -0.4 is 5.32 Å². The topological polar surface area (TPSA) is 94.6 Å². The van der Waals surface area contributed by atoms with Crippen LogP contribution in [0.15, 0.2) is 54.6 Å². The molecule has 1 heterocycles. The lowest BCUT2D eigenvalue weighted by Gasteiger charge is -2.10. The Hall–Kier alpha value is -3.74. The quantitative estimate of drug-likeness (QED) is 0.648. The summed E-state index contributed by atoms with van der Waals surface area (Å²) in [5.74, 6) is -1.83. The molecule has 0 atom stereocenters. The van der Waals surface area contributed by atoms with Gasteiger partial charge in [0.05, 0.1) is 23.9 Å². The van der Waals surface area contributed by atoms with E-state index in [0.717, 1.165) is 11.1 Å². The predicted octanol–water partition coefficient (Wildman–Crippen LogP) is 2.66. The number of para-hydroxylation sites is 1. The van der Waals surface area contributed by atoms with Crippen molar-refractivity contribution >= 4 is 28.7 Å². The van der Waals surface area contributed by atoms with Crippen LogP contribution in [0.25, 0.3) is 22.2 Å². The second-order valence-corrected chi connectivity index (χ2v) is 6.37. The molecule has 29 heavy (non-hydrogen) atoms. The minimum absolute atomic E-state index is 0.289. The van der Waals surface area contributed by atoms with Crippen molar-refractivity contribution in [3.63, 3.8) is 0 Å². The predicted molar refractivity (Wildman–Crippen MR) is 107 cm³/mol. The standard InChI is InChI=1S/C22H20N2O5/c1-14-7-9-15(10-8-14)19-11-17(16-5-3-4-6-18(16)24-19)22(27)29-13-20(25)23-12-21(26)28-2/h3-11H,12-13H2,1-2H3,(H,23,25). The number of amides is 1. The van der Waals surface area contributed by atoms with Crippen LogP contribution in [0, 0.1) is 6.92 Å². The first-order valence-electron chi connectivity index (χ1n) is 8.95. The highest BCUT2D eigenvalue weighted by molar-refractivity contribution is 6.05. The van der Waals surface area contributed by atoms with Crippen LogP contribution in [-0.4, -0.2) is 43.1 Å². The fourth-order valence-electron chi connectivity index (χ4n) is 2.72. The Morgan fingerprint density at radius 3 is 2.48 bits per heavy atom. The van der Waals surface area contributed by atoms with E-state index >= 15 is 0 Å². The molecule has 148 valence electrons. The van der Waals surface area contributed by atoms with E-state index in [1.807, 2.05) is 43.3 Å². The average Bonchev–Trinajstić information content (AvgIpc) is 2.75. The molecule has 0 unspecified atom stereocenters. The number of rotatable bonds is 6. The minimum Gasteiger partial charge on any atom is -0.468 e. The molecule has 3 rings (SSSR count). The first-order chi connectivity index (χ1) is 14.0. The third-order valence-corrected chi connectivity index (χ3v) is 4.28. The van der Waals surface area contributed by atoms with Crippen LogP contribution in [0.4, 0.5) is 0 Å². The molecule has 0 aliphatic heterocycles. The van der Waals surface area contributed by atoms with E-state index in [1.54, 1.807) is 18.2 Å². The summed E-state index contributed by atoms with van der Waals surface area (Å²) < 4.78 is 9.58. The molecule has 0 aliphatic rings. The van der Waals surface area contributed by atoms with E-state index in [4.69, 9.17) is 4.74 Å². The zero-order chi connectivity index (χ0) is 20.8. The number of hydrogen-bond acceptors (Lipinski definition) is 6. The van der Waals surface area contributed by atoms with Gasteiger partial charge in [-0.15, -0.1) is 0 Å². The summed E-state index contributed by atoms with van der Waals surface area (Å²) in [7, 11) is 1.22. The highest BCUT2D eigenvalue weighted by Gasteiger charge is 2.17. The van der Waals surface area contributed by atoms with Crippen molar-refractivity contribution < 1.29 is 23.9 Å². The maximum Gasteiger partial charge on any atom is 0.339 e. The number of ether oxygens (including phenoxy) is 2. The van der Waals surface area contributed by atoms with Gasteiger partial charge >= 0.3 is 11.9 Å². The number of aromatic nitrogens is 1. The number of hydrogen-bond donors (Lipinski definition) is 1. The number of carbonyl (C=O) groups is 3. The van der Waals surface area contributed by atoms with Gasteiger partial charge in [-0.25, -0.2) is 9.78 Å². The summed E-state index contributed by atoms with van der Waals surface area (Å²) in [4.78, 5) is 40.1. The third-order valence-electron chi connectivity index (χ3n) is 4.28. The maximum absolute atomic E-state index is 12.7. The number of aryl methyl sites for hydroxylation is 1. The number of pyridine rings is 1. The highest BCUT2D eigenvalue weighted by Crippen LogP contribution is 2.25. The van der Waals surface area contributed by atoms with Crippen LogP contribution in [0.2, 0.25) is 0 Å². The molecule has 0 saturated heterocycles. The van der Waals surface area contributed by atoms with E-state index < -0.39 is 24.5 Å². The Balaban J connectivity index is 1.83. The second-order valence-electron chi connectivity index (χ2n) is 6.37. The van der Waals surface area contributed by atoms with Crippen LogP contribution in [0.3, 0.4) is 0 Å². The Morgan fingerprint density at radius 2 is 1.76 bits per heavy atom. The number of methoxy groups -OCH3 is 1. The summed E-state index contributed by atoms with van der Waals surface area (Å²) >= 11 is 0. The number of nitrogens with one attached hydrogen (secondary N) is 1. The number of esters is 2. The average molecular weight is 392 g/mol. The Bertz CT molecular complexity index is 1060. The van der Waals surface area contributed by atoms with Crippen LogP contribution in [0.1, 0.15) is 15.9 Å². The van der Waals surface area contributed by atoms with Gasteiger partial charge in [-0.05, 0) is 19.1 Å². The zero-order valence-corrected chi connectivity index (χ0v) is 16.1. The van der Waals surface area contributed by atoms with Gasteiger partial charge in [-0.3, -0.25) is 9.59 Å². The van der Waals surface area contributed by atoms with E-state index in [2.05, 4.69) is 15.0 Å². The van der Waals surface area contributed by atoms with Gasteiger partial charge in [0.25, 0.3) is 5.91 Å². The molecule has 3 aromatic rings. The van der Waals surface area contributed by atoms with Gasteiger partial charge in [-0.2, -0.15) is 0 Å². The first kappa shape index (κ1) is 20.0. The minimum atomic E-state index is -0.648. The summed E-state index contributed by atoms with van der Waals surface area (Å²) in [6, 6.07) is 16.7. The van der Waals surface area contributed by atoms with E-state index in [1.165, 1.54) is 7.11 Å². The smallest absolute Gasteiger partial charge is 0.339 e. The molecule has 7 heteroatoms. The molecular weight excluding hydrogens is 372 g/mol. The molecule has 0 spiro atoms. The van der Waals surface area contributed by atoms with Gasteiger partial charge in [-0.1, -0.05) is 48.0 Å². The number of carbonyl (C=O) groups excluding carboxylic acids is 3. The van der Waals surface area contributed by atoms with Crippen molar-refractivity contribution in [1.29, 1.82) is 0 Å². The summed E-state index contributed by atoms with van der Waals surface area (Å²) in [5, 5.41) is 2.94. The zero-order valence-electron chi connectivity index (χ0n) is 16.1. The normalized spacial score (nSPS) is 10.4. The lowest BCUT2D eigenvalue weighted by molar-refractivity contribution is -0.141. The van der Waals surface area contributed by atoms with Crippen molar-refractivity contribution in [3.8, 4) is 11.3 Å². The Morgan fingerprint density at radius 1 is 1.03 bits per heavy atom. The highest BCUT2D eigenvalue weighted by atomic mass is 16.5. The number of benzene rings is 2. The molecule has 1 N–H and O–H groups in total. The maximum atomic E-state index is 12.7. The second kappa shape index (κ2) is 8.97. The van der Waals surface area contributed by atoms with Crippen molar-refractivity contribution in [1.82, 2.24) is 10.3 Å². The number of nitrogens with zero attached hydrogens (tertiary/aromatic N) is 1. The summed E-state index contributed by atoms with van der Waals surface area (Å²) in [6.45, 7) is 1.20. The molecule has 0 fully saturated rings. The third kappa shape index (κ3) is 4.95. The van der Waals surface area contributed by atoms with Crippen molar-refractivity contribution in [3.05, 3.63) is 65.7 Å². The first-order valence-corrected chi connectivity index (χ1v) is 8.95. The van der Waals surface area contributed by atoms with Gasteiger partial charge < -0.3 is 14.8 Å². The lowest BCUT2D eigenvalue weighted by atomic mass is 10.0. The monoisotopic (exact) mass is 392 g/mol. The Kier molecular flexibility index (Phi) is 6.19. The van der Waals surface area contributed by atoms with Gasteiger partial charge in [0, 0.05) is 10.9 Å². The molecular formula is C22H20N2O5.